The summed E-state index contributed by atoms with van der Waals surface area (Å²) in [4.78, 5) is 14.5. The predicted molar refractivity (Wildman–Crippen MR) is 79.4 cm³/mol. The quantitative estimate of drug-likeness (QED) is 0.866. The van der Waals surface area contributed by atoms with Gasteiger partial charge in [-0.25, -0.2) is 4.63 Å². The third-order valence-electron chi connectivity index (χ3n) is 4.14. The highest BCUT2D eigenvalue weighted by molar-refractivity contribution is 5.79. The number of aryl methyl sites for hydroxylation is 1. The van der Waals surface area contributed by atoms with Gasteiger partial charge in [-0.1, -0.05) is 28.5 Å². The highest BCUT2D eigenvalue weighted by Crippen LogP contribution is 2.37. The first-order valence-electron chi connectivity index (χ1n) is 7.41. The van der Waals surface area contributed by atoms with Crippen molar-refractivity contribution in [2.75, 3.05) is 13.7 Å². The molecule has 1 aliphatic heterocycles. The van der Waals surface area contributed by atoms with Crippen LogP contribution in [0, 0.1) is 6.92 Å². The lowest BCUT2D eigenvalue weighted by atomic mass is 10.0. The molecule has 0 bridgehead atoms. The lowest BCUT2D eigenvalue weighted by Crippen LogP contribution is -2.32. The van der Waals surface area contributed by atoms with E-state index in [2.05, 4.69) is 14.9 Å². The molecule has 3 rings (SSSR count). The number of amides is 1. The van der Waals surface area contributed by atoms with Crippen LogP contribution in [0.25, 0.3) is 0 Å². The molecule has 0 radical (unpaired) electrons. The first-order valence-corrected chi connectivity index (χ1v) is 7.41. The van der Waals surface area contributed by atoms with Crippen LogP contribution >= 0.6 is 0 Å². The maximum absolute atomic E-state index is 12.6. The van der Waals surface area contributed by atoms with E-state index >= 15 is 0 Å². The van der Waals surface area contributed by atoms with Gasteiger partial charge in [0.05, 0.1) is 19.6 Å². The molecule has 0 saturated carbocycles. The fourth-order valence-corrected chi connectivity index (χ4v) is 2.98. The molecule has 22 heavy (non-hydrogen) atoms. The van der Waals surface area contributed by atoms with E-state index in [1.807, 2.05) is 29.2 Å². The van der Waals surface area contributed by atoms with Crippen molar-refractivity contribution in [2.45, 2.75) is 32.2 Å². The molecular weight excluding hydrogens is 282 g/mol. The van der Waals surface area contributed by atoms with Crippen molar-refractivity contribution in [1.82, 2.24) is 15.2 Å². The SMILES string of the molecule is COc1ccccc1[C@H]1CCCN1C(=O)Cc1nonc1C. The molecule has 0 unspecified atom stereocenters. The van der Waals surface area contributed by atoms with Crippen LogP contribution in [0.1, 0.15) is 35.8 Å². The lowest BCUT2D eigenvalue weighted by molar-refractivity contribution is -0.131. The number of ether oxygens (including phenoxy) is 1. The Labute approximate surface area is 129 Å². The van der Waals surface area contributed by atoms with Crippen LogP contribution in [0.3, 0.4) is 0 Å². The summed E-state index contributed by atoms with van der Waals surface area (Å²) in [6.45, 7) is 2.55. The van der Waals surface area contributed by atoms with Crippen LogP contribution in [0.4, 0.5) is 0 Å². The van der Waals surface area contributed by atoms with E-state index in [1.54, 1.807) is 14.0 Å². The normalized spacial score (nSPS) is 17.7. The van der Waals surface area contributed by atoms with Crippen molar-refractivity contribution in [1.29, 1.82) is 0 Å². The van der Waals surface area contributed by atoms with Crippen molar-refractivity contribution in [3.63, 3.8) is 0 Å². The van der Waals surface area contributed by atoms with E-state index in [-0.39, 0.29) is 18.4 Å². The molecule has 6 nitrogen and oxygen atoms in total. The lowest BCUT2D eigenvalue weighted by Gasteiger charge is -2.26. The van der Waals surface area contributed by atoms with Crippen LogP contribution < -0.4 is 4.74 Å². The van der Waals surface area contributed by atoms with Crippen molar-refractivity contribution in [3.8, 4) is 5.75 Å². The summed E-state index contributed by atoms with van der Waals surface area (Å²) in [5.41, 5.74) is 2.34. The van der Waals surface area contributed by atoms with Gasteiger partial charge in [0.15, 0.2) is 0 Å². The Hall–Kier alpha value is -2.37. The number of hydrogen-bond donors (Lipinski definition) is 0. The van der Waals surface area contributed by atoms with E-state index in [0.29, 0.717) is 11.4 Å². The van der Waals surface area contributed by atoms with Gasteiger partial charge in [0.25, 0.3) is 0 Å². The van der Waals surface area contributed by atoms with Gasteiger partial charge in [-0.15, -0.1) is 0 Å². The van der Waals surface area contributed by atoms with E-state index in [0.717, 1.165) is 30.7 Å². The molecule has 1 aliphatic rings. The Morgan fingerprint density at radius 2 is 2.23 bits per heavy atom. The smallest absolute Gasteiger partial charge is 0.229 e. The Morgan fingerprint density at radius 1 is 1.41 bits per heavy atom. The molecule has 1 atom stereocenters. The molecule has 1 saturated heterocycles. The summed E-state index contributed by atoms with van der Waals surface area (Å²) in [6.07, 6.45) is 2.16. The largest absolute Gasteiger partial charge is 0.496 e. The van der Waals surface area contributed by atoms with Crippen molar-refractivity contribution < 1.29 is 14.2 Å². The second-order valence-electron chi connectivity index (χ2n) is 5.46. The third kappa shape index (κ3) is 2.68. The van der Waals surface area contributed by atoms with E-state index in [9.17, 15) is 4.79 Å². The minimum Gasteiger partial charge on any atom is -0.496 e. The van der Waals surface area contributed by atoms with E-state index < -0.39 is 0 Å². The number of likely N-dealkylation sites (tertiary alicyclic amines) is 1. The Bertz CT molecular complexity index is 668. The first-order chi connectivity index (χ1) is 10.7. The Kier molecular flexibility index (Phi) is 4.09. The summed E-state index contributed by atoms with van der Waals surface area (Å²) < 4.78 is 10.1. The summed E-state index contributed by atoms with van der Waals surface area (Å²) in [5, 5.41) is 7.52. The maximum Gasteiger partial charge on any atom is 0.229 e. The van der Waals surface area contributed by atoms with E-state index in [1.165, 1.54) is 0 Å². The number of carbonyl (C=O) groups is 1. The topological polar surface area (TPSA) is 68.5 Å². The first kappa shape index (κ1) is 14.6. The van der Waals surface area contributed by atoms with Gasteiger partial charge in [0, 0.05) is 12.1 Å². The average molecular weight is 301 g/mol. The minimum absolute atomic E-state index is 0.0483. The number of nitrogens with zero attached hydrogens (tertiary/aromatic N) is 3. The number of para-hydroxylation sites is 1. The molecule has 1 fully saturated rings. The summed E-state index contributed by atoms with van der Waals surface area (Å²) >= 11 is 0. The number of hydrogen-bond acceptors (Lipinski definition) is 5. The molecule has 116 valence electrons. The van der Waals surface area contributed by atoms with Gasteiger partial charge in [-0.2, -0.15) is 0 Å². The van der Waals surface area contributed by atoms with Gasteiger partial charge >= 0.3 is 0 Å². The Balaban J connectivity index is 1.81. The fourth-order valence-electron chi connectivity index (χ4n) is 2.98. The zero-order valence-corrected chi connectivity index (χ0v) is 12.8. The zero-order valence-electron chi connectivity index (χ0n) is 12.8. The molecule has 0 spiro atoms. The second kappa shape index (κ2) is 6.17. The third-order valence-corrected chi connectivity index (χ3v) is 4.14. The molecule has 0 aliphatic carbocycles. The van der Waals surface area contributed by atoms with E-state index in [4.69, 9.17) is 4.74 Å². The number of aromatic nitrogens is 2. The van der Waals surface area contributed by atoms with Gasteiger partial charge in [-0.3, -0.25) is 4.79 Å². The summed E-state index contributed by atoms with van der Waals surface area (Å²) in [7, 11) is 1.66. The van der Waals surface area contributed by atoms with Gasteiger partial charge in [-0.05, 0) is 25.8 Å². The number of benzene rings is 1. The van der Waals surface area contributed by atoms with Crippen LogP contribution in [-0.2, 0) is 11.2 Å². The highest BCUT2D eigenvalue weighted by atomic mass is 16.6. The zero-order chi connectivity index (χ0) is 15.5. The second-order valence-corrected chi connectivity index (χ2v) is 5.46. The van der Waals surface area contributed by atoms with Gasteiger partial charge in [0.2, 0.25) is 5.91 Å². The van der Waals surface area contributed by atoms with Crippen LogP contribution in [0.5, 0.6) is 5.75 Å². The van der Waals surface area contributed by atoms with Crippen molar-refractivity contribution in [3.05, 3.63) is 41.2 Å². The molecule has 2 heterocycles. The molecule has 1 amide bonds. The molecule has 2 aromatic rings. The van der Waals surface area contributed by atoms with Gasteiger partial charge < -0.3 is 9.64 Å². The molecular formula is C16H19N3O3. The van der Waals surface area contributed by atoms with Crippen LogP contribution in [-0.4, -0.2) is 34.8 Å². The van der Waals surface area contributed by atoms with Crippen LogP contribution in [0.15, 0.2) is 28.9 Å². The summed E-state index contributed by atoms with van der Waals surface area (Å²) in [5.74, 6) is 0.874. The number of rotatable bonds is 4. The standard InChI is InChI=1S/C16H19N3O3/c1-11-13(18-22-17-11)10-16(20)19-9-5-7-14(19)12-6-3-4-8-15(12)21-2/h3-4,6,8,14H,5,7,9-10H2,1-2H3/t14-/m1/s1. The summed E-state index contributed by atoms with van der Waals surface area (Å²) in [6, 6.07) is 7.93. The number of carbonyl (C=O) groups excluding carboxylic acids is 1. The fraction of sp³-hybridized carbons (Fsp3) is 0.438. The predicted octanol–water partition coefficient (Wildman–Crippen LogP) is 2.29. The maximum atomic E-state index is 12.6. The average Bonchev–Trinajstić information content (AvgIpc) is 3.17. The van der Waals surface area contributed by atoms with Crippen molar-refractivity contribution in [2.24, 2.45) is 0 Å². The molecule has 1 aromatic heterocycles. The van der Waals surface area contributed by atoms with Gasteiger partial charge in [0.1, 0.15) is 17.1 Å². The Morgan fingerprint density at radius 3 is 2.95 bits per heavy atom. The number of methoxy groups -OCH3 is 1. The minimum atomic E-state index is 0.0483. The van der Waals surface area contributed by atoms with Crippen LogP contribution in [0.2, 0.25) is 0 Å². The van der Waals surface area contributed by atoms with Crippen molar-refractivity contribution >= 4 is 5.91 Å². The monoisotopic (exact) mass is 301 g/mol. The molecule has 1 aromatic carbocycles. The highest BCUT2D eigenvalue weighted by Gasteiger charge is 2.32. The molecule has 6 heteroatoms. The molecule has 0 N–H and O–H groups in total.